The van der Waals surface area contributed by atoms with Crippen LogP contribution in [-0.4, -0.2) is 10.1 Å². The SMILES string of the molecule is Cc1ccc(OCc2noc(C)n2)c(C(C)N)c1. The van der Waals surface area contributed by atoms with Crippen molar-refractivity contribution >= 4 is 0 Å². The van der Waals surface area contributed by atoms with Gasteiger partial charge in [-0.3, -0.25) is 0 Å². The van der Waals surface area contributed by atoms with Crippen LogP contribution in [0.4, 0.5) is 0 Å². The van der Waals surface area contributed by atoms with Crippen LogP contribution in [0.3, 0.4) is 0 Å². The fraction of sp³-hybridized carbons (Fsp3) is 0.385. The molecule has 0 spiro atoms. The quantitative estimate of drug-likeness (QED) is 0.897. The number of nitrogens with zero attached hydrogens (tertiary/aromatic N) is 2. The summed E-state index contributed by atoms with van der Waals surface area (Å²) in [5.74, 6) is 1.83. The van der Waals surface area contributed by atoms with E-state index in [1.165, 1.54) is 0 Å². The average Bonchev–Trinajstić information content (AvgIpc) is 2.73. The number of benzene rings is 1. The Hall–Kier alpha value is -1.88. The van der Waals surface area contributed by atoms with Crippen molar-refractivity contribution in [2.24, 2.45) is 5.73 Å². The highest BCUT2D eigenvalue weighted by atomic mass is 16.5. The summed E-state index contributed by atoms with van der Waals surface area (Å²) in [7, 11) is 0. The minimum atomic E-state index is -0.0769. The third-order valence-electron chi connectivity index (χ3n) is 2.58. The van der Waals surface area contributed by atoms with E-state index in [9.17, 15) is 0 Å². The molecular formula is C13H17N3O2. The van der Waals surface area contributed by atoms with Gasteiger partial charge >= 0.3 is 0 Å². The van der Waals surface area contributed by atoms with Crippen molar-refractivity contribution in [3.05, 3.63) is 41.0 Å². The highest BCUT2D eigenvalue weighted by molar-refractivity contribution is 5.38. The van der Waals surface area contributed by atoms with Crippen LogP contribution in [0.15, 0.2) is 22.7 Å². The summed E-state index contributed by atoms with van der Waals surface area (Å²) >= 11 is 0. The lowest BCUT2D eigenvalue weighted by Crippen LogP contribution is -2.08. The first-order chi connectivity index (χ1) is 8.56. The number of hydrogen-bond donors (Lipinski definition) is 1. The standard InChI is InChI=1S/C13H17N3O2/c1-8-4-5-12(11(6-8)9(2)14)17-7-13-15-10(3)18-16-13/h4-6,9H,7,14H2,1-3H3. The summed E-state index contributed by atoms with van der Waals surface area (Å²) in [4.78, 5) is 4.08. The lowest BCUT2D eigenvalue weighted by atomic mass is 10.1. The number of rotatable bonds is 4. The zero-order chi connectivity index (χ0) is 13.1. The lowest BCUT2D eigenvalue weighted by molar-refractivity contribution is 0.282. The molecule has 0 saturated carbocycles. The van der Waals surface area contributed by atoms with Crippen LogP contribution in [0, 0.1) is 13.8 Å². The Bertz CT molecular complexity index is 535. The van der Waals surface area contributed by atoms with Gasteiger partial charge in [-0.1, -0.05) is 22.9 Å². The van der Waals surface area contributed by atoms with Gasteiger partial charge in [0.15, 0.2) is 6.61 Å². The second-order valence-electron chi connectivity index (χ2n) is 4.35. The van der Waals surface area contributed by atoms with Crippen molar-refractivity contribution in [3.63, 3.8) is 0 Å². The van der Waals surface area contributed by atoms with Gasteiger partial charge in [0.1, 0.15) is 5.75 Å². The van der Waals surface area contributed by atoms with Crippen molar-refractivity contribution in [2.75, 3.05) is 0 Å². The van der Waals surface area contributed by atoms with Crippen molar-refractivity contribution < 1.29 is 9.26 Å². The smallest absolute Gasteiger partial charge is 0.223 e. The molecule has 2 aromatic rings. The van der Waals surface area contributed by atoms with Crippen LogP contribution in [0.5, 0.6) is 5.75 Å². The molecular weight excluding hydrogens is 230 g/mol. The Kier molecular flexibility index (Phi) is 3.62. The molecule has 1 heterocycles. The van der Waals surface area contributed by atoms with Gasteiger partial charge in [-0.25, -0.2) is 0 Å². The molecule has 0 aliphatic heterocycles. The fourth-order valence-corrected chi connectivity index (χ4v) is 1.70. The van der Waals surface area contributed by atoms with Gasteiger partial charge in [0, 0.05) is 18.5 Å². The van der Waals surface area contributed by atoms with Crippen LogP contribution in [0.25, 0.3) is 0 Å². The average molecular weight is 247 g/mol. The molecule has 2 rings (SSSR count). The largest absolute Gasteiger partial charge is 0.485 e. The Morgan fingerprint density at radius 3 is 2.78 bits per heavy atom. The van der Waals surface area contributed by atoms with Crippen molar-refractivity contribution in [1.29, 1.82) is 0 Å². The highest BCUT2D eigenvalue weighted by Gasteiger charge is 2.10. The molecule has 0 radical (unpaired) electrons. The van der Waals surface area contributed by atoms with Gasteiger partial charge in [0.2, 0.25) is 11.7 Å². The lowest BCUT2D eigenvalue weighted by Gasteiger charge is -2.13. The van der Waals surface area contributed by atoms with E-state index in [4.69, 9.17) is 15.0 Å². The van der Waals surface area contributed by atoms with Gasteiger partial charge in [-0.15, -0.1) is 0 Å². The second kappa shape index (κ2) is 5.18. The van der Waals surface area contributed by atoms with E-state index in [2.05, 4.69) is 10.1 Å². The maximum atomic E-state index is 5.93. The molecule has 1 aromatic heterocycles. The maximum Gasteiger partial charge on any atom is 0.223 e. The van der Waals surface area contributed by atoms with E-state index < -0.39 is 0 Å². The molecule has 0 saturated heterocycles. The molecule has 0 amide bonds. The van der Waals surface area contributed by atoms with Crippen LogP contribution in [0.1, 0.15) is 35.8 Å². The van der Waals surface area contributed by atoms with Gasteiger partial charge < -0.3 is 15.0 Å². The topological polar surface area (TPSA) is 74.2 Å². The van der Waals surface area contributed by atoms with Gasteiger partial charge in [-0.05, 0) is 19.9 Å². The predicted molar refractivity (Wildman–Crippen MR) is 67.1 cm³/mol. The maximum absolute atomic E-state index is 5.93. The Balaban J connectivity index is 2.13. The van der Waals surface area contributed by atoms with E-state index in [1.54, 1.807) is 6.92 Å². The molecule has 1 atom stereocenters. The van der Waals surface area contributed by atoms with Crippen molar-refractivity contribution in [2.45, 2.75) is 33.4 Å². The summed E-state index contributed by atoms with van der Waals surface area (Å²) in [6.07, 6.45) is 0. The molecule has 1 aromatic carbocycles. The molecule has 5 heteroatoms. The van der Waals surface area contributed by atoms with Crippen LogP contribution in [-0.2, 0) is 6.61 Å². The second-order valence-corrected chi connectivity index (χ2v) is 4.35. The van der Waals surface area contributed by atoms with E-state index in [-0.39, 0.29) is 12.6 Å². The molecule has 0 aliphatic carbocycles. The zero-order valence-corrected chi connectivity index (χ0v) is 10.8. The normalized spacial score (nSPS) is 12.4. The molecule has 0 aliphatic rings. The number of aromatic nitrogens is 2. The van der Waals surface area contributed by atoms with E-state index >= 15 is 0 Å². The van der Waals surface area contributed by atoms with E-state index in [0.717, 1.165) is 16.9 Å². The third kappa shape index (κ3) is 2.87. The van der Waals surface area contributed by atoms with Crippen LogP contribution >= 0.6 is 0 Å². The first kappa shape index (κ1) is 12.6. The van der Waals surface area contributed by atoms with Crippen LogP contribution in [0.2, 0.25) is 0 Å². The number of ether oxygens (including phenoxy) is 1. The monoisotopic (exact) mass is 247 g/mol. The zero-order valence-electron chi connectivity index (χ0n) is 10.8. The minimum Gasteiger partial charge on any atom is -0.485 e. The predicted octanol–water partition coefficient (Wildman–Crippen LogP) is 2.29. The van der Waals surface area contributed by atoms with Crippen molar-refractivity contribution in [1.82, 2.24) is 10.1 Å². The third-order valence-corrected chi connectivity index (χ3v) is 2.58. The molecule has 18 heavy (non-hydrogen) atoms. The number of aryl methyl sites for hydroxylation is 2. The molecule has 1 unspecified atom stereocenters. The summed E-state index contributed by atoms with van der Waals surface area (Å²) in [6.45, 7) is 5.98. The minimum absolute atomic E-state index is 0.0769. The molecule has 2 N–H and O–H groups in total. The molecule has 5 nitrogen and oxygen atoms in total. The van der Waals surface area contributed by atoms with E-state index in [0.29, 0.717) is 11.7 Å². The first-order valence-corrected chi connectivity index (χ1v) is 5.84. The molecule has 0 fully saturated rings. The Labute approximate surface area is 106 Å². The Morgan fingerprint density at radius 1 is 1.39 bits per heavy atom. The molecule has 0 bridgehead atoms. The highest BCUT2D eigenvalue weighted by Crippen LogP contribution is 2.25. The van der Waals surface area contributed by atoms with Gasteiger partial charge in [0.05, 0.1) is 0 Å². The summed E-state index contributed by atoms with van der Waals surface area (Å²) in [5, 5.41) is 3.78. The number of nitrogens with two attached hydrogens (primary N) is 1. The summed E-state index contributed by atoms with van der Waals surface area (Å²) in [5.41, 5.74) is 8.07. The van der Waals surface area contributed by atoms with Crippen molar-refractivity contribution in [3.8, 4) is 5.75 Å². The fourth-order valence-electron chi connectivity index (χ4n) is 1.70. The van der Waals surface area contributed by atoms with E-state index in [1.807, 2.05) is 32.0 Å². The summed E-state index contributed by atoms with van der Waals surface area (Å²) in [6, 6.07) is 5.86. The van der Waals surface area contributed by atoms with Gasteiger partial charge in [0.25, 0.3) is 0 Å². The molecule has 96 valence electrons. The number of hydrogen-bond acceptors (Lipinski definition) is 5. The Morgan fingerprint density at radius 2 is 2.17 bits per heavy atom. The first-order valence-electron chi connectivity index (χ1n) is 5.84. The summed E-state index contributed by atoms with van der Waals surface area (Å²) < 4.78 is 10.6. The van der Waals surface area contributed by atoms with Gasteiger partial charge in [-0.2, -0.15) is 4.98 Å². The van der Waals surface area contributed by atoms with Crippen LogP contribution < -0.4 is 10.5 Å².